The predicted molar refractivity (Wildman–Crippen MR) is 120 cm³/mol. The van der Waals surface area contributed by atoms with Gasteiger partial charge in [0.05, 0.1) is 0 Å². The van der Waals surface area contributed by atoms with E-state index in [4.69, 9.17) is 0 Å². The molecule has 0 bridgehead atoms. The number of aryl methyl sites for hydroxylation is 1. The molecule has 30 heavy (non-hydrogen) atoms. The number of rotatable bonds is 6. The molecule has 0 aliphatic carbocycles. The highest BCUT2D eigenvalue weighted by atomic mass is 32.1. The summed E-state index contributed by atoms with van der Waals surface area (Å²) >= 11 is 1.48. The molecule has 0 unspecified atom stereocenters. The summed E-state index contributed by atoms with van der Waals surface area (Å²) in [6.07, 6.45) is 3.61. The number of amides is 1. The van der Waals surface area contributed by atoms with E-state index in [1.54, 1.807) is 6.20 Å². The van der Waals surface area contributed by atoms with Crippen LogP contribution in [-0.4, -0.2) is 46.4 Å². The molecule has 1 N–H and O–H groups in total. The summed E-state index contributed by atoms with van der Waals surface area (Å²) in [5, 5.41) is 3.96. The fourth-order valence-electron chi connectivity index (χ4n) is 3.49. The molecule has 3 heterocycles. The van der Waals surface area contributed by atoms with Crippen molar-refractivity contribution in [3.8, 4) is 0 Å². The Morgan fingerprint density at radius 2 is 1.90 bits per heavy atom. The molecule has 1 aliphatic heterocycles. The second-order valence-electron chi connectivity index (χ2n) is 7.24. The van der Waals surface area contributed by atoms with Crippen molar-refractivity contribution in [3.05, 3.63) is 65.7 Å². The fraction of sp³-hybridized carbons (Fsp3) is 0.364. The van der Waals surface area contributed by atoms with Gasteiger partial charge in [0.2, 0.25) is 5.13 Å². The minimum Gasteiger partial charge on any atom is -0.370 e. The zero-order valence-electron chi connectivity index (χ0n) is 17.1. The van der Waals surface area contributed by atoms with E-state index in [-0.39, 0.29) is 5.91 Å². The van der Waals surface area contributed by atoms with Crippen LogP contribution in [0.25, 0.3) is 0 Å². The number of nitrogens with zero attached hydrogens (tertiary/aromatic N) is 5. The van der Waals surface area contributed by atoms with Crippen molar-refractivity contribution in [2.45, 2.75) is 26.3 Å². The number of nitrogens with one attached hydrogen (secondary N) is 1. The zero-order valence-corrected chi connectivity index (χ0v) is 17.9. The van der Waals surface area contributed by atoms with Gasteiger partial charge in [0.15, 0.2) is 0 Å². The van der Waals surface area contributed by atoms with E-state index in [1.807, 2.05) is 42.5 Å². The topological polar surface area (TPSA) is 74.2 Å². The molecule has 0 radical (unpaired) electrons. The summed E-state index contributed by atoms with van der Waals surface area (Å²) in [6, 6.07) is 13.7. The molecule has 1 fully saturated rings. The maximum atomic E-state index is 12.6. The van der Waals surface area contributed by atoms with E-state index in [1.165, 1.54) is 11.5 Å². The number of carbonyl (C=O) groups is 1. The van der Waals surface area contributed by atoms with Crippen LogP contribution < -0.4 is 15.1 Å². The second kappa shape index (κ2) is 9.67. The lowest BCUT2D eigenvalue weighted by Crippen LogP contribution is -2.31. The Bertz CT molecular complexity index is 977. The average Bonchev–Trinajstić information content (AvgIpc) is 3.15. The lowest BCUT2D eigenvalue weighted by atomic mass is 10.2. The Kier molecular flexibility index (Phi) is 6.53. The molecule has 1 saturated heterocycles. The van der Waals surface area contributed by atoms with Gasteiger partial charge >= 0.3 is 0 Å². The van der Waals surface area contributed by atoms with Crippen molar-refractivity contribution in [2.24, 2.45) is 0 Å². The zero-order chi connectivity index (χ0) is 20.8. The molecule has 7 nitrogen and oxygen atoms in total. The highest BCUT2D eigenvalue weighted by Gasteiger charge is 2.19. The van der Waals surface area contributed by atoms with Crippen LogP contribution in [0.3, 0.4) is 0 Å². The maximum absolute atomic E-state index is 12.6. The van der Waals surface area contributed by atoms with Crippen LogP contribution in [0.15, 0.2) is 48.7 Å². The molecule has 156 valence electrons. The smallest absolute Gasteiger partial charge is 0.270 e. The van der Waals surface area contributed by atoms with E-state index in [2.05, 4.69) is 36.4 Å². The third-order valence-corrected chi connectivity index (χ3v) is 5.99. The minimum absolute atomic E-state index is 0.155. The summed E-state index contributed by atoms with van der Waals surface area (Å²) in [5.74, 6) is 0.759. The number of anilines is 2. The van der Waals surface area contributed by atoms with Gasteiger partial charge in [-0.3, -0.25) is 9.78 Å². The third kappa shape index (κ3) is 4.94. The first-order chi connectivity index (χ1) is 14.7. The van der Waals surface area contributed by atoms with Gasteiger partial charge in [0, 0.05) is 62.6 Å². The Labute approximate surface area is 180 Å². The first kappa shape index (κ1) is 20.3. The molecular weight excluding hydrogens is 396 g/mol. The quantitative estimate of drug-likeness (QED) is 0.658. The van der Waals surface area contributed by atoms with Crippen molar-refractivity contribution in [3.63, 3.8) is 0 Å². The molecule has 4 rings (SSSR count). The van der Waals surface area contributed by atoms with Gasteiger partial charge in [-0.05, 0) is 24.1 Å². The largest absolute Gasteiger partial charge is 0.370 e. The van der Waals surface area contributed by atoms with E-state index < -0.39 is 0 Å². The van der Waals surface area contributed by atoms with Gasteiger partial charge < -0.3 is 15.1 Å². The van der Waals surface area contributed by atoms with Gasteiger partial charge in [-0.15, -0.1) is 0 Å². The van der Waals surface area contributed by atoms with Crippen LogP contribution in [0, 0.1) is 0 Å². The average molecular weight is 423 g/mol. The van der Waals surface area contributed by atoms with E-state index in [9.17, 15) is 4.79 Å². The Balaban J connectivity index is 1.38. The monoisotopic (exact) mass is 422 g/mol. The summed E-state index contributed by atoms with van der Waals surface area (Å²) < 4.78 is 4.41. The predicted octanol–water partition coefficient (Wildman–Crippen LogP) is 3.14. The van der Waals surface area contributed by atoms with Crippen LogP contribution in [0.1, 0.15) is 35.2 Å². The maximum Gasteiger partial charge on any atom is 0.270 e. The summed E-state index contributed by atoms with van der Waals surface area (Å²) in [6.45, 7) is 6.22. The number of carbonyl (C=O) groups excluding carboxylic acids is 1. The Morgan fingerprint density at radius 1 is 1.10 bits per heavy atom. The molecule has 2 aromatic heterocycles. The van der Waals surface area contributed by atoms with E-state index in [0.717, 1.165) is 61.2 Å². The molecule has 1 aliphatic rings. The second-order valence-corrected chi connectivity index (χ2v) is 7.97. The van der Waals surface area contributed by atoms with Gasteiger partial charge in [0.1, 0.15) is 11.5 Å². The molecule has 8 heteroatoms. The lowest BCUT2D eigenvalue weighted by molar-refractivity contribution is 0.0946. The highest BCUT2D eigenvalue weighted by molar-refractivity contribution is 7.09. The van der Waals surface area contributed by atoms with E-state index in [0.29, 0.717) is 12.2 Å². The first-order valence-corrected chi connectivity index (χ1v) is 11.1. The first-order valence-electron chi connectivity index (χ1n) is 10.3. The molecule has 1 amide bonds. The molecule has 1 aromatic carbocycles. The fourth-order valence-corrected chi connectivity index (χ4v) is 4.29. The minimum atomic E-state index is -0.155. The van der Waals surface area contributed by atoms with E-state index >= 15 is 0 Å². The Hall–Kier alpha value is -3.00. The van der Waals surface area contributed by atoms with Gasteiger partial charge in [-0.1, -0.05) is 37.3 Å². The van der Waals surface area contributed by atoms with Crippen molar-refractivity contribution < 1.29 is 4.79 Å². The number of aromatic nitrogens is 3. The molecule has 0 spiro atoms. The number of pyridine rings is 1. The van der Waals surface area contributed by atoms with Crippen LogP contribution in [0.2, 0.25) is 0 Å². The molecular formula is C22H26N6OS. The van der Waals surface area contributed by atoms with Crippen molar-refractivity contribution in [2.75, 3.05) is 36.0 Å². The summed E-state index contributed by atoms with van der Waals surface area (Å²) in [5.41, 5.74) is 2.54. The lowest BCUT2D eigenvalue weighted by Gasteiger charge is -2.23. The Morgan fingerprint density at radius 3 is 2.70 bits per heavy atom. The van der Waals surface area contributed by atoms with Crippen LogP contribution in [-0.2, 0) is 13.0 Å². The summed E-state index contributed by atoms with van der Waals surface area (Å²) in [4.78, 5) is 26.1. The van der Waals surface area contributed by atoms with Crippen molar-refractivity contribution >= 4 is 28.3 Å². The van der Waals surface area contributed by atoms with Crippen molar-refractivity contribution in [1.29, 1.82) is 0 Å². The number of hydrogen-bond acceptors (Lipinski definition) is 7. The molecule has 0 atom stereocenters. The SMILES string of the molecule is CCc1nsc(N2CCCN(c3ccnc(C(=O)NCc4ccccc4)c3)CC2)n1. The summed E-state index contributed by atoms with van der Waals surface area (Å²) in [7, 11) is 0. The van der Waals surface area contributed by atoms with Crippen LogP contribution >= 0.6 is 11.5 Å². The molecule has 0 saturated carbocycles. The van der Waals surface area contributed by atoms with Gasteiger partial charge in [-0.2, -0.15) is 4.37 Å². The number of hydrogen-bond donors (Lipinski definition) is 1. The third-order valence-electron chi connectivity index (χ3n) is 5.18. The van der Waals surface area contributed by atoms with Crippen LogP contribution in [0.5, 0.6) is 0 Å². The number of benzene rings is 1. The molecule has 3 aromatic rings. The standard InChI is InChI=1S/C22H26N6OS/c1-2-20-25-22(30-26-20)28-12-6-11-27(13-14-28)18-9-10-23-19(15-18)21(29)24-16-17-7-4-3-5-8-17/h3-5,7-10,15H,2,6,11-14,16H2,1H3,(H,24,29). The van der Waals surface area contributed by atoms with Gasteiger partial charge in [-0.25, -0.2) is 4.98 Å². The van der Waals surface area contributed by atoms with Crippen LogP contribution in [0.4, 0.5) is 10.8 Å². The van der Waals surface area contributed by atoms with Gasteiger partial charge in [0.25, 0.3) is 5.91 Å². The highest BCUT2D eigenvalue weighted by Crippen LogP contribution is 2.22. The van der Waals surface area contributed by atoms with Crippen molar-refractivity contribution in [1.82, 2.24) is 19.7 Å². The normalized spacial score (nSPS) is 14.4.